The summed E-state index contributed by atoms with van der Waals surface area (Å²) in [5.41, 5.74) is 2.33. The van der Waals surface area contributed by atoms with E-state index in [0.717, 1.165) is 5.56 Å². The molecule has 3 aromatic rings. The minimum Gasteiger partial charge on any atom is -0.309 e. The van der Waals surface area contributed by atoms with Gasteiger partial charge < -0.3 is 5.32 Å². The smallest absolute Gasteiger partial charge is 0.0589 e. The van der Waals surface area contributed by atoms with E-state index in [4.69, 9.17) is 23.2 Å². The summed E-state index contributed by atoms with van der Waals surface area (Å²) in [5.74, 6) is 0. The molecule has 1 atom stereocenters. The molecule has 4 heteroatoms. The highest BCUT2D eigenvalue weighted by Gasteiger charge is 2.17. The molecular formula is C16H13Cl2NS. The summed E-state index contributed by atoms with van der Waals surface area (Å²) in [6.07, 6.45) is 0. The molecular weight excluding hydrogens is 309 g/mol. The second-order valence-corrected chi connectivity index (χ2v) is 6.40. The van der Waals surface area contributed by atoms with Crippen LogP contribution in [0.1, 0.15) is 17.2 Å². The van der Waals surface area contributed by atoms with E-state index in [-0.39, 0.29) is 6.04 Å². The third kappa shape index (κ3) is 2.57. The predicted octanol–water partition coefficient (Wildman–Crippen LogP) is 5.52. The lowest BCUT2D eigenvalue weighted by molar-refractivity contribution is 0.699. The fraction of sp³-hybridized carbons (Fsp3) is 0.125. The SMILES string of the molecule is CNC(c1cc(Cl)cc(Cl)c1)c1csc2ccccc12. The van der Waals surface area contributed by atoms with Crippen LogP contribution < -0.4 is 5.32 Å². The van der Waals surface area contributed by atoms with Crippen molar-refractivity contribution in [1.29, 1.82) is 0 Å². The highest BCUT2D eigenvalue weighted by atomic mass is 35.5. The van der Waals surface area contributed by atoms with Crippen molar-refractivity contribution in [3.05, 3.63) is 69.0 Å². The van der Waals surface area contributed by atoms with Crippen LogP contribution in [0.4, 0.5) is 0 Å². The van der Waals surface area contributed by atoms with Gasteiger partial charge in [-0.25, -0.2) is 0 Å². The van der Waals surface area contributed by atoms with Gasteiger partial charge in [-0.1, -0.05) is 41.4 Å². The summed E-state index contributed by atoms with van der Waals surface area (Å²) in [6.45, 7) is 0. The summed E-state index contributed by atoms with van der Waals surface area (Å²) >= 11 is 14.0. The fourth-order valence-corrected chi connectivity index (χ4v) is 4.00. The minimum atomic E-state index is 0.0855. The van der Waals surface area contributed by atoms with Crippen molar-refractivity contribution >= 4 is 44.6 Å². The molecule has 0 saturated carbocycles. The van der Waals surface area contributed by atoms with Crippen molar-refractivity contribution in [1.82, 2.24) is 5.32 Å². The molecule has 102 valence electrons. The van der Waals surface area contributed by atoms with E-state index in [0.29, 0.717) is 10.0 Å². The average molecular weight is 322 g/mol. The molecule has 0 spiro atoms. The summed E-state index contributed by atoms with van der Waals surface area (Å²) in [5, 5.41) is 8.14. The topological polar surface area (TPSA) is 12.0 Å². The first-order valence-corrected chi connectivity index (χ1v) is 7.92. The highest BCUT2D eigenvalue weighted by Crippen LogP contribution is 2.35. The first-order valence-electron chi connectivity index (χ1n) is 6.28. The van der Waals surface area contributed by atoms with Gasteiger partial charge in [0.1, 0.15) is 0 Å². The van der Waals surface area contributed by atoms with Crippen LogP contribution in [0.25, 0.3) is 10.1 Å². The van der Waals surface area contributed by atoms with E-state index < -0.39 is 0 Å². The van der Waals surface area contributed by atoms with Gasteiger partial charge in [-0.2, -0.15) is 0 Å². The Morgan fingerprint density at radius 2 is 1.75 bits per heavy atom. The Kier molecular flexibility index (Phi) is 3.99. The fourth-order valence-electron chi connectivity index (χ4n) is 2.47. The Morgan fingerprint density at radius 3 is 2.45 bits per heavy atom. The lowest BCUT2D eigenvalue weighted by atomic mass is 9.98. The van der Waals surface area contributed by atoms with Gasteiger partial charge in [-0.05, 0) is 53.2 Å². The third-order valence-electron chi connectivity index (χ3n) is 3.33. The lowest BCUT2D eigenvalue weighted by Gasteiger charge is -2.17. The van der Waals surface area contributed by atoms with Crippen LogP contribution in [0, 0.1) is 0 Å². The summed E-state index contributed by atoms with van der Waals surface area (Å²) in [7, 11) is 1.95. The lowest BCUT2D eigenvalue weighted by Crippen LogP contribution is -2.17. The number of rotatable bonds is 3. The molecule has 0 aliphatic heterocycles. The number of halogens is 2. The van der Waals surface area contributed by atoms with Crippen LogP contribution in [0.2, 0.25) is 10.0 Å². The van der Waals surface area contributed by atoms with Crippen LogP contribution in [0.5, 0.6) is 0 Å². The first-order chi connectivity index (χ1) is 9.69. The van der Waals surface area contributed by atoms with Gasteiger partial charge in [0.2, 0.25) is 0 Å². The summed E-state index contributed by atoms with van der Waals surface area (Å²) < 4.78 is 1.29. The van der Waals surface area contributed by atoms with Gasteiger partial charge >= 0.3 is 0 Å². The van der Waals surface area contributed by atoms with Crippen molar-refractivity contribution in [2.75, 3.05) is 7.05 Å². The molecule has 1 nitrogen and oxygen atoms in total. The van der Waals surface area contributed by atoms with E-state index in [1.54, 1.807) is 17.4 Å². The molecule has 0 aliphatic rings. The van der Waals surface area contributed by atoms with Crippen molar-refractivity contribution in [3.8, 4) is 0 Å². The van der Waals surface area contributed by atoms with Crippen LogP contribution >= 0.6 is 34.5 Å². The Balaban J connectivity index is 2.14. The maximum atomic E-state index is 6.12. The number of hydrogen-bond donors (Lipinski definition) is 1. The molecule has 20 heavy (non-hydrogen) atoms. The van der Waals surface area contributed by atoms with Crippen molar-refractivity contribution in [3.63, 3.8) is 0 Å². The zero-order chi connectivity index (χ0) is 14.1. The van der Waals surface area contributed by atoms with Crippen molar-refractivity contribution in [2.45, 2.75) is 6.04 Å². The third-order valence-corrected chi connectivity index (χ3v) is 4.75. The Bertz CT molecular complexity index is 731. The molecule has 0 saturated heterocycles. The van der Waals surface area contributed by atoms with Crippen LogP contribution in [-0.2, 0) is 0 Å². The molecule has 0 radical (unpaired) electrons. The predicted molar refractivity (Wildman–Crippen MR) is 89.2 cm³/mol. The molecule has 1 heterocycles. The number of thiophene rings is 1. The quantitative estimate of drug-likeness (QED) is 0.670. The van der Waals surface area contributed by atoms with Crippen molar-refractivity contribution in [2.24, 2.45) is 0 Å². The molecule has 0 amide bonds. The van der Waals surface area contributed by atoms with Gasteiger partial charge in [0, 0.05) is 14.7 Å². The molecule has 1 aromatic heterocycles. The van der Waals surface area contributed by atoms with Gasteiger partial charge in [0.25, 0.3) is 0 Å². The normalized spacial score (nSPS) is 12.8. The van der Waals surface area contributed by atoms with Gasteiger partial charge in [-0.3, -0.25) is 0 Å². The molecule has 1 N–H and O–H groups in total. The molecule has 2 aromatic carbocycles. The van der Waals surface area contributed by atoms with Gasteiger partial charge in [0.15, 0.2) is 0 Å². The largest absolute Gasteiger partial charge is 0.309 e. The zero-order valence-electron chi connectivity index (χ0n) is 10.9. The van der Waals surface area contributed by atoms with Gasteiger partial charge in [0.05, 0.1) is 6.04 Å². The summed E-state index contributed by atoms with van der Waals surface area (Å²) in [4.78, 5) is 0. The Hall–Kier alpha value is -1.06. The van der Waals surface area contributed by atoms with E-state index in [1.165, 1.54) is 15.6 Å². The molecule has 3 rings (SSSR count). The number of benzene rings is 2. The number of hydrogen-bond acceptors (Lipinski definition) is 2. The molecule has 0 aliphatic carbocycles. The van der Waals surface area contributed by atoms with Crippen molar-refractivity contribution < 1.29 is 0 Å². The average Bonchev–Trinajstić information content (AvgIpc) is 2.83. The highest BCUT2D eigenvalue weighted by molar-refractivity contribution is 7.17. The van der Waals surface area contributed by atoms with E-state index in [1.807, 2.05) is 19.2 Å². The van der Waals surface area contributed by atoms with Gasteiger partial charge in [-0.15, -0.1) is 11.3 Å². The molecule has 0 bridgehead atoms. The Morgan fingerprint density at radius 1 is 1.05 bits per heavy atom. The van der Waals surface area contributed by atoms with E-state index in [2.05, 4.69) is 35.0 Å². The zero-order valence-corrected chi connectivity index (χ0v) is 13.2. The number of nitrogens with one attached hydrogen (secondary N) is 1. The summed E-state index contributed by atoms with van der Waals surface area (Å²) in [6, 6.07) is 14.2. The monoisotopic (exact) mass is 321 g/mol. The van der Waals surface area contributed by atoms with Crippen LogP contribution in [-0.4, -0.2) is 7.05 Å². The minimum absolute atomic E-state index is 0.0855. The maximum Gasteiger partial charge on any atom is 0.0589 e. The second-order valence-electron chi connectivity index (χ2n) is 4.61. The van der Waals surface area contributed by atoms with Crippen LogP contribution in [0.15, 0.2) is 47.8 Å². The van der Waals surface area contributed by atoms with Crippen LogP contribution in [0.3, 0.4) is 0 Å². The standard InChI is InChI=1S/C16H13Cl2NS/c1-19-16(10-6-11(17)8-12(18)7-10)14-9-20-15-5-3-2-4-13(14)15/h2-9,16,19H,1H3. The maximum absolute atomic E-state index is 6.12. The molecule has 1 unspecified atom stereocenters. The first kappa shape index (κ1) is 13.9. The second kappa shape index (κ2) is 5.74. The molecule has 0 fully saturated rings. The van der Waals surface area contributed by atoms with E-state index >= 15 is 0 Å². The van der Waals surface area contributed by atoms with E-state index in [9.17, 15) is 0 Å². The Labute approximate surface area is 132 Å². The number of fused-ring (bicyclic) bond motifs is 1.